The lowest BCUT2D eigenvalue weighted by Crippen LogP contribution is -2.48. The number of hydrogen-bond acceptors (Lipinski definition) is 7. The average molecular weight is 516 g/mol. The molecule has 1 saturated carbocycles. The molecule has 1 unspecified atom stereocenters. The number of rotatable bonds is 6. The number of para-hydroxylation sites is 1. The number of aliphatic hydroxyl groups excluding tert-OH is 1. The number of pyridine rings is 1. The third-order valence-corrected chi connectivity index (χ3v) is 8.25. The van der Waals surface area contributed by atoms with Gasteiger partial charge in [-0.2, -0.15) is 0 Å². The van der Waals surface area contributed by atoms with Gasteiger partial charge in [0.15, 0.2) is 0 Å². The number of hydrogen-bond donors (Lipinski definition) is 4. The van der Waals surface area contributed by atoms with Crippen LogP contribution in [0.15, 0.2) is 60.8 Å². The summed E-state index contributed by atoms with van der Waals surface area (Å²) in [5, 5.41) is 18.3. The molecule has 5 N–H and O–H groups in total. The van der Waals surface area contributed by atoms with E-state index in [1.54, 1.807) is 11.1 Å². The van der Waals surface area contributed by atoms with Gasteiger partial charge in [-0.15, -0.1) is 11.3 Å². The molecule has 2 amide bonds. The van der Waals surface area contributed by atoms with Crippen LogP contribution in [0.2, 0.25) is 0 Å². The Morgan fingerprint density at radius 3 is 2.73 bits per heavy atom. The van der Waals surface area contributed by atoms with Crippen molar-refractivity contribution in [1.29, 1.82) is 0 Å². The molecule has 2 aliphatic rings. The van der Waals surface area contributed by atoms with Gasteiger partial charge in [0, 0.05) is 18.3 Å². The number of carbonyl (C=O) groups is 1. The molecule has 0 saturated heterocycles. The van der Waals surface area contributed by atoms with E-state index < -0.39 is 6.23 Å². The van der Waals surface area contributed by atoms with Crippen molar-refractivity contribution in [2.75, 3.05) is 10.2 Å². The standard InChI is InChI=1S/C28H29N5O3S/c1-16-15-18(36-17-7-3-2-4-8-17)11-12-21(16)33-22-13-14-30-27-23(22)24(32-28(33)35)25(37-27)26(34)31-20-10-6-5-9-19(20)29/h2-4,7-8,11-15,19-20,26,31,34H,5-6,9-10,29H2,1H3,(H,32,35)/t19-,20-,26?/m1/s1. The number of urea groups is 1. The number of carbonyl (C=O) groups excluding carboxylic acids is 1. The van der Waals surface area contributed by atoms with E-state index in [2.05, 4.69) is 15.6 Å². The molecule has 0 radical (unpaired) electrons. The number of aryl methyl sites for hydroxylation is 1. The smallest absolute Gasteiger partial charge is 0.331 e. The van der Waals surface area contributed by atoms with Crippen LogP contribution in [0, 0.1) is 6.92 Å². The molecular formula is C28H29N5O3S. The number of amides is 2. The van der Waals surface area contributed by atoms with E-state index in [0.29, 0.717) is 16.3 Å². The molecule has 9 heteroatoms. The zero-order valence-electron chi connectivity index (χ0n) is 20.5. The molecule has 190 valence electrons. The highest BCUT2D eigenvalue weighted by molar-refractivity contribution is 7.19. The molecule has 1 fully saturated rings. The maximum Gasteiger partial charge on any atom is 0.331 e. The Morgan fingerprint density at radius 1 is 1.14 bits per heavy atom. The van der Waals surface area contributed by atoms with Crippen LogP contribution in [0.4, 0.5) is 21.9 Å². The van der Waals surface area contributed by atoms with Crippen LogP contribution in [0.5, 0.6) is 11.5 Å². The molecule has 8 nitrogen and oxygen atoms in total. The number of nitrogens with two attached hydrogens (primary N) is 1. The van der Waals surface area contributed by atoms with Crippen molar-refractivity contribution in [3.8, 4) is 11.5 Å². The first-order chi connectivity index (χ1) is 18.0. The normalized spacial score (nSPS) is 20.1. The molecule has 2 aromatic carbocycles. The monoisotopic (exact) mass is 515 g/mol. The van der Waals surface area contributed by atoms with Crippen LogP contribution < -0.4 is 26.0 Å². The van der Waals surface area contributed by atoms with Crippen molar-refractivity contribution in [2.24, 2.45) is 5.73 Å². The van der Waals surface area contributed by atoms with Crippen LogP contribution in [0.1, 0.15) is 42.4 Å². The SMILES string of the molecule is Cc1cc(Oc2ccccc2)ccc1N1C(=O)Nc2c(C(O)N[C@@H]3CCCC[C@H]3N)sc3nccc1c23. The average Bonchev–Trinajstić information content (AvgIpc) is 3.26. The zero-order valence-corrected chi connectivity index (χ0v) is 21.3. The number of anilines is 3. The summed E-state index contributed by atoms with van der Waals surface area (Å²) in [6.45, 7) is 1.95. The maximum absolute atomic E-state index is 13.5. The highest BCUT2D eigenvalue weighted by Gasteiger charge is 2.34. The maximum atomic E-state index is 13.5. The lowest BCUT2D eigenvalue weighted by molar-refractivity contribution is 0.112. The summed E-state index contributed by atoms with van der Waals surface area (Å²) in [6, 6.07) is 16.8. The number of thiophene rings is 1. The second kappa shape index (κ2) is 9.75. The van der Waals surface area contributed by atoms with Gasteiger partial charge in [0.2, 0.25) is 0 Å². The predicted molar refractivity (Wildman–Crippen MR) is 147 cm³/mol. The molecule has 3 atom stereocenters. The Balaban J connectivity index is 1.33. The fourth-order valence-electron chi connectivity index (χ4n) is 5.25. The first-order valence-electron chi connectivity index (χ1n) is 12.6. The summed E-state index contributed by atoms with van der Waals surface area (Å²) < 4.78 is 5.97. The van der Waals surface area contributed by atoms with Crippen LogP contribution in [-0.2, 0) is 0 Å². The lowest BCUT2D eigenvalue weighted by Gasteiger charge is -2.32. The fourth-order valence-corrected chi connectivity index (χ4v) is 6.32. The second-order valence-electron chi connectivity index (χ2n) is 9.60. The quantitative estimate of drug-likeness (QED) is 0.237. The van der Waals surface area contributed by atoms with Gasteiger partial charge in [-0.3, -0.25) is 10.2 Å². The minimum Gasteiger partial charge on any atom is -0.457 e. The molecule has 3 heterocycles. The summed E-state index contributed by atoms with van der Waals surface area (Å²) in [6.07, 6.45) is 4.82. The zero-order chi connectivity index (χ0) is 25.5. The largest absolute Gasteiger partial charge is 0.457 e. The Morgan fingerprint density at radius 2 is 1.95 bits per heavy atom. The number of aromatic nitrogens is 1. The summed E-state index contributed by atoms with van der Waals surface area (Å²) >= 11 is 1.38. The number of aliphatic hydroxyl groups is 1. The highest BCUT2D eigenvalue weighted by Crippen LogP contribution is 2.48. The Bertz CT molecular complexity index is 1460. The summed E-state index contributed by atoms with van der Waals surface area (Å²) in [5.41, 5.74) is 9.26. The van der Waals surface area contributed by atoms with E-state index in [-0.39, 0.29) is 18.1 Å². The lowest BCUT2D eigenvalue weighted by atomic mass is 9.91. The molecule has 37 heavy (non-hydrogen) atoms. The predicted octanol–water partition coefficient (Wildman–Crippen LogP) is 5.93. The summed E-state index contributed by atoms with van der Waals surface area (Å²) in [5.74, 6) is 1.44. The van der Waals surface area contributed by atoms with E-state index >= 15 is 0 Å². The number of nitrogens with zero attached hydrogens (tertiary/aromatic N) is 2. The topological polar surface area (TPSA) is 113 Å². The van der Waals surface area contributed by atoms with E-state index in [4.69, 9.17) is 10.5 Å². The Labute approximate surface area is 219 Å². The molecule has 0 spiro atoms. The summed E-state index contributed by atoms with van der Waals surface area (Å²) in [4.78, 5) is 21.1. The molecule has 1 aliphatic heterocycles. The van der Waals surface area contributed by atoms with E-state index in [0.717, 1.165) is 58.6 Å². The molecule has 6 rings (SSSR count). The highest BCUT2D eigenvalue weighted by atomic mass is 32.1. The van der Waals surface area contributed by atoms with Crippen molar-refractivity contribution in [3.63, 3.8) is 0 Å². The third-order valence-electron chi connectivity index (χ3n) is 7.10. The first kappa shape index (κ1) is 23.9. The van der Waals surface area contributed by atoms with Gasteiger partial charge in [-0.1, -0.05) is 31.0 Å². The van der Waals surface area contributed by atoms with Crippen molar-refractivity contribution in [1.82, 2.24) is 10.3 Å². The first-order valence-corrected chi connectivity index (χ1v) is 13.4. The van der Waals surface area contributed by atoms with Gasteiger partial charge in [0.05, 0.1) is 27.3 Å². The second-order valence-corrected chi connectivity index (χ2v) is 10.6. The molecule has 1 aliphatic carbocycles. The van der Waals surface area contributed by atoms with Crippen LogP contribution in [0.3, 0.4) is 0 Å². The van der Waals surface area contributed by atoms with Crippen molar-refractivity contribution in [2.45, 2.75) is 50.9 Å². The van der Waals surface area contributed by atoms with Crippen molar-refractivity contribution in [3.05, 3.63) is 71.2 Å². The van der Waals surface area contributed by atoms with Gasteiger partial charge >= 0.3 is 6.03 Å². The number of ether oxygens (including phenoxy) is 1. The molecule has 0 bridgehead atoms. The molecular weight excluding hydrogens is 486 g/mol. The number of nitrogens with one attached hydrogen (secondary N) is 2. The Kier molecular flexibility index (Phi) is 6.29. The molecule has 2 aromatic heterocycles. The van der Waals surface area contributed by atoms with Crippen molar-refractivity contribution >= 4 is 44.6 Å². The van der Waals surface area contributed by atoms with E-state index in [1.165, 1.54) is 11.3 Å². The number of benzene rings is 2. The van der Waals surface area contributed by atoms with E-state index in [9.17, 15) is 9.90 Å². The minimum absolute atomic E-state index is 0.00437. The van der Waals surface area contributed by atoms with Crippen molar-refractivity contribution < 1.29 is 14.6 Å². The van der Waals surface area contributed by atoms with Gasteiger partial charge < -0.3 is 20.9 Å². The Hall–Kier alpha value is -3.50. The van der Waals surface area contributed by atoms with E-state index in [1.807, 2.05) is 61.5 Å². The van der Waals surface area contributed by atoms with Gasteiger partial charge in [-0.05, 0) is 61.7 Å². The minimum atomic E-state index is -0.945. The van der Waals surface area contributed by atoms with Gasteiger partial charge in [-0.25, -0.2) is 9.78 Å². The van der Waals surface area contributed by atoms with Crippen LogP contribution in [-0.4, -0.2) is 28.2 Å². The van der Waals surface area contributed by atoms with Crippen LogP contribution in [0.25, 0.3) is 10.2 Å². The third kappa shape index (κ3) is 4.44. The summed E-state index contributed by atoms with van der Waals surface area (Å²) in [7, 11) is 0. The van der Waals surface area contributed by atoms with Gasteiger partial charge in [0.1, 0.15) is 22.6 Å². The fraction of sp³-hybridized carbons (Fsp3) is 0.286. The van der Waals surface area contributed by atoms with Gasteiger partial charge in [0.25, 0.3) is 0 Å². The molecule has 4 aromatic rings. The van der Waals surface area contributed by atoms with Crippen LogP contribution >= 0.6 is 11.3 Å².